The molecule has 3 N–H and O–H groups in total. The smallest absolute Gasteiger partial charge is 0.236 e. The first kappa shape index (κ1) is 22.2. The Morgan fingerprint density at radius 2 is 1.94 bits per heavy atom. The van der Waals surface area contributed by atoms with Crippen molar-refractivity contribution >= 4 is 23.3 Å². The summed E-state index contributed by atoms with van der Waals surface area (Å²) in [6.07, 6.45) is 5.33. The fourth-order valence-corrected chi connectivity index (χ4v) is 4.63. The molecule has 4 heterocycles. The highest BCUT2D eigenvalue weighted by molar-refractivity contribution is 5.80. The SMILES string of the molecule is Cc1cccc(Nc2ccc(C3CCCN(CC(=O)N4CCC(C(N)=O)CC4)C3)nc2)n1. The molecular formula is C24H32N6O2. The van der Waals surface area contributed by atoms with Gasteiger partial charge < -0.3 is 16.0 Å². The molecule has 4 rings (SSSR count). The molecular weight excluding hydrogens is 404 g/mol. The molecule has 0 saturated carbocycles. The first-order chi connectivity index (χ1) is 15.5. The number of amides is 2. The van der Waals surface area contributed by atoms with E-state index < -0.39 is 0 Å². The summed E-state index contributed by atoms with van der Waals surface area (Å²) in [7, 11) is 0. The van der Waals surface area contributed by atoms with E-state index in [1.807, 2.05) is 42.3 Å². The van der Waals surface area contributed by atoms with Crippen molar-refractivity contribution in [2.75, 3.05) is 38.0 Å². The van der Waals surface area contributed by atoms with Crippen LogP contribution in [-0.4, -0.2) is 64.3 Å². The van der Waals surface area contributed by atoms with E-state index in [1.54, 1.807) is 0 Å². The maximum atomic E-state index is 12.8. The van der Waals surface area contributed by atoms with Crippen molar-refractivity contribution < 1.29 is 9.59 Å². The predicted octanol–water partition coefficient (Wildman–Crippen LogP) is 2.43. The van der Waals surface area contributed by atoms with Crippen LogP contribution in [-0.2, 0) is 9.59 Å². The van der Waals surface area contributed by atoms with E-state index in [0.29, 0.717) is 38.4 Å². The van der Waals surface area contributed by atoms with Gasteiger partial charge in [0.05, 0.1) is 18.4 Å². The van der Waals surface area contributed by atoms with Crippen molar-refractivity contribution in [3.63, 3.8) is 0 Å². The summed E-state index contributed by atoms with van der Waals surface area (Å²) < 4.78 is 0. The highest BCUT2D eigenvalue weighted by Crippen LogP contribution is 2.27. The molecule has 8 heteroatoms. The molecule has 2 aromatic rings. The zero-order valence-corrected chi connectivity index (χ0v) is 18.7. The van der Waals surface area contributed by atoms with Crippen LogP contribution in [0.2, 0.25) is 0 Å². The van der Waals surface area contributed by atoms with Gasteiger partial charge in [-0.05, 0) is 63.4 Å². The molecule has 1 atom stereocenters. The van der Waals surface area contributed by atoms with E-state index in [9.17, 15) is 9.59 Å². The van der Waals surface area contributed by atoms with E-state index in [4.69, 9.17) is 10.7 Å². The number of carbonyl (C=O) groups excluding carboxylic acids is 2. The average molecular weight is 437 g/mol. The number of pyridine rings is 2. The zero-order chi connectivity index (χ0) is 22.5. The number of nitrogens with zero attached hydrogens (tertiary/aromatic N) is 4. The molecule has 2 aliphatic heterocycles. The third-order valence-corrected chi connectivity index (χ3v) is 6.48. The number of aromatic nitrogens is 2. The van der Waals surface area contributed by atoms with Gasteiger partial charge in [0.15, 0.2) is 0 Å². The van der Waals surface area contributed by atoms with Gasteiger partial charge in [-0.25, -0.2) is 4.98 Å². The third-order valence-electron chi connectivity index (χ3n) is 6.48. The number of hydrogen-bond donors (Lipinski definition) is 2. The Balaban J connectivity index is 1.30. The predicted molar refractivity (Wildman–Crippen MR) is 123 cm³/mol. The fraction of sp³-hybridized carbons (Fsp3) is 0.500. The Bertz CT molecular complexity index is 940. The van der Waals surface area contributed by atoms with Crippen LogP contribution >= 0.6 is 0 Å². The number of nitrogens with two attached hydrogens (primary N) is 1. The Hall–Kier alpha value is -3.00. The number of carbonyl (C=O) groups is 2. The van der Waals surface area contributed by atoms with Crippen LogP contribution < -0.4 is 11.1 Å². The summed E-state index contributed by atoms with van der Waals surface area (Å²) in [6, 6.07) is 9.99. The van der Waals surface area contributed by atoms with Crippen LogP contribution in [0.4, 0.5) is 11.5 Å². The second-order valence-corrected chi connectivity index (χ2v) is 8.89. The summed E-state index contributed by atoms with van der Waals surface area (Å²) >= 11 is 0. The number of primary amides is 1. The number of anilines is 2. The topological polar surface area (TPSA) is 104 Å². The molecule has 2 saturated heterocycles. The Morgan fingerprint density at radius 1 is 1.12 bits per heavy atom. The summed E-state index contributed by atoms with van der Waals surface area (Å²) in [5.41, 5.74) is 8.34. The molecule has 2 amide bonds. The van der Waals surface area contributed by atoms with Gasteiger partial charge in [0.25, 0.3) is 0 Å². The maximum Gasteiger partial charge on any atom is 0.236 e. The average Bonchev–Trinajstić information content (AvgIpc) is 2.80. The lowest BCUT2D eigenvalue weighted by atomic mass is 9.94. The second-order valence-electron chi connectivity index (χ2n) is 8.89. The molecule has 0 radical (unpaired) electrons. The quantitative estimate of drug-likeness (QED) is 0.721. The molecule has 2 aromatic heterocycles. The molecule has 8 nitrogen and oxygen atoms in total. The van der Waals surface area contributed by atoms with Gasteiger partial charge in [-0.3, -0.25) is 19.5 Å². The van der Waals surface area contributed by atoms with Gasteiger partial charge in [0.1, 0.15) is 5.82 Å². The van der Waals surface area contributed by atoms with Gasteiger partial charge in [-0.15, -0.1) is 0 Å². The monoisotopic (exact) mass is 436 g/mol. The molecule has 2 fully saturated rings. The van der Waals surface area contributed by atoms with Gasteiger partial charge >= 0.3 is 0 Å². The summed E-state index contributed by atoms with van der Waals surface area (Å²) in [6.45, 7) is 5.40. The van der Waals surface area contributed by atoms with Crippen LogP contribution in [0.25, 0.3) is 0 Å². The number of nitrogens with one attached hydrogen (secondary N) is 1. The molecule has 0 spiro atoms. The second kappa shape index (κ2) is 10.1. The van der Waals surface area contributed by atoms with Crippen molar-refractivity contribution in [2.45, 2.75) is 38.5 Å². The van der Waals surface area contributed by atoms with Crippen molar-refractivity contribution in [1.82, 2.24) is 19.8 Å². The first-order valence-corrected chi connectivity index (χ1v) is 11.4. The molecule has 170 valence electrons. The Kier molecular flexibility index (Phi) is 6.99. The number of likely N-dealkylation sites (tertiary alicyclic amines) is 2. The minimum absolute atomic E-state index is 0.0938. The number of hydrogen-bond acceptors (Lipinski definition) is 6. The van der Waals surface area contributed by atoms with E-state index >= 15 is 0 Å². The van der Waals surface area contributed by atoms with Crippen molar-refractivity contribution in [2.24, 2.45) is 11.7 Å². The Labute approximate surface area is 189 Å². The van der Waals surface area contributed by atoms with Crippen molar-refractivity contribution in [3.05, 3.63) is 47.9 Å². The van der Waals surface area contributed by atoms with Crippen molar-refractivity contribution in [1.29, 1.82) is 0 Å². The van der Waals surface area contributed by atoms with Gasteiger partial charge in [0, 0.05) is 42.9 Å². The van der Waals surface area contributed by atoms with Crippen molar-refractivity contribution in [3.8, 4) is 0 Å². The lowest BCUT2D eigenvalue weighted by Gasteiger charge is -2.35. The highest BCUT2D eigenvalue weighted by atomic mass is 16.2. The molecule has 2 aliphatic rings. The standard InChI is InChI=1S/C24H32N6O2/c1-17-4-2-6-22(27-17)28-20-7-8-21(26-14-20)19-5-3-11-29(15-19)16-23(31)30-12-9-18(10-13-30)24(25)32/h2,4,6-8,14,18-19H,3,5,9-13,15-16H2,1H3,(H2,25,32)(H,27,28). The fourth-order valence-electron chi connectivity index (χ4n) is 4.63. The van der Waals surface area contributed by atoms with E-state index in [2.05, 4.69) is 21.3 Å². The molecule has 32 heavy (non-hydrogen) atoms. The minimum Gasteiger partial charge on any atom is -0.369 e. The summed E-state index contributed by atoms with van der Waals surface area (Å²) in [5.74, 6) is 0.931. The lowest BCUT2D eigenvalue weighted by molar-refractivity contribution is -0.136. The number of rotatable bonds is 6. The minimum atomic E-state index is -0.250. The third kappa shape index (κ3) is 5.62. The normalized spacial score (nSPS) is 20.2. The highest BCUT2D eigenvalue weighted by Gasteiger charge is 2.29. The lowest BCUT2D eigenvalue weighted by Crippen LogP contribution is -2.47. The Morgan fingerprint density at radius 3 is 2.62 bits per heavy atom. The van der Waals surface area contributed by atoms with Crippen LogP contribution in [0, 0.1) is 12.8 Å². The van der Waals surface area contributed by atoms with E-state index in [1.165, 1.54) is 0 Å². The maximum absolute atomic E-state index is 12.8. The molecule has 0 aromatic carbocycles. The van der Waals surface area contributed by atoms with Gasteiger partial charge in [-0.2, -0.15) is 0 Å². The summed E-state index contributed by atoms with van der Waals surface area (Å²) in [5, 5.41) is 3.29. The van der Waals surface area contributed by atoms with Crippen LogP contribution in [0.1, 0.15) is 43.0 Å². The number of piperidine rings is 2. The van der Waals surface area contributed by atoms with Crippen LogP contribution in [0.5, 0.6) is 0 Å². The van der Waals surface area contributed by atoms with E-state index in [0.717, 1.165) is 48.8 Å². The largest absolute Gasteiger partial charge is 0.369 e. The first-order valence-electron chi connectivity index (χ1n) is 11.4. The molecule has 0 aliphatic carbocycles. The molecule has 0 bridgehead atoms. The van der Waals surface area contributed by atoms with Gasteiger partial charge in [-0.1, -0.05) is 6.07 Å². The zero-order valence-electron chi connectivity index (χ0n) is 18.7. The number of aryl methyl sites for hydroxylation is 1. The van der Waals surface area contributed by atoms with E-state index in [-0.39, 0.29) is 17.7 Å². The summed E-state index contributed by atoms with van der Waals surface area (Å²) in [4.78, 5) is 37.4. The van der Waals surface area contributed by atoms with Crippen LogP contribution in [0.15, 0.2) is 36.5 Å². The van der Waals surface area contributed by atoms with Crippen LogP contribution in [0.3, 0.4) is 0 Å². The molecule has 1 unspecified atom stereocenters. The van der Waals surface area contributed by atoms with Gasteiger partial charge in [0.2, 0.25) is 11.8 Å².